The first kappa shape index (κ1) is 21.3. The molecule has 0 spiro atoms. The number of nitrogens with zero attached hydrogens (tertiary/aromatic N) is 5. The summed E-state index contributed by atoms with van der Waals surface area (Å²) in [5.41, 5.74) is 0.838. The fraction of sp³-hybridized carbons (Fsp3) is 0.591. The highest BCUT2D eigenvalue weighted by molar-refractivity contribution is 5.80. The first-order valence-corrected chi connectivity index (χ1v) is 11.0. The van der Waals surface area contributed by atoms with Gasteiger partial charge in [0.25, 0.3) is 0 Å². The number of piperidine rings is 2. The molecule has 0 N–H and O–H groups in total. The topological polar surface area (TPSA) is 102 Å². The Labute approximate surface area is 181 Å². The van der Waals surface area contributed by atoms with Crippen LogP contribution in [0.3, 0.4) is 0 Å². The highest BCUT2D eigenvalue weighted by atomic mass is 16.5. The smallest absolute Gasteiger partial charge is 0.309 e. The van der Waals surface area contributed by atoms with E-state index in [0.717, 1.165) is 37.3 Å². The standard InChI is InChI=1S/C22H29N5O4/c1-3-30-22(29)17-8-13-27(14-9-17)21(28)16-6-11-26(12-7-16)20-18(5-4-10-23-20)19-24-15(2)31-25-19/h4-5,10,16-17H,3,6-9,11-14H2,1-2H3. The van der Waals surface area contributed by atoms with Crippen molar-refractivity contribution in [2.45, 2.75) is 39.5 Å². The number of esters is 1. The molecule has 0 saturated carbocycles. The molecule has 0 aliphatic carbocycles. The van der Waals surface area contributed by atoms with E-state index in [1.54, 1.807) is 13.1 Å². The first-order chi connectivity index (χ1) is 15.1. The van der Waals surface area contributed by atoms with E-state index in [-0.39, 0.29) is 23.7 Å². The highest BCUT2D eigenvalue weighted by Gasteiger charge is 2.33. The molecule has 166 valence electrons. The summed E-state index contributed by atoms with van der Waals surface area (Å²) >= 11 is 0. The number of likely N-dealkylation sites (tertiary alicyclic amines) is 1. The number of aromatic nitrogens is 3. The normalized spacial score (nSPS) is 18.3. The molecule has 31 heavy (non-hydrogen) atoms. The molecule has 0 aromatic carbocycles. The zero-order valence-corrected chi connectivity index (χ0v) is 18.1. The molecule has 0 atom stereocenters. The molecule has 2 saturated heterocycles. The number of rotatable bonds is 5. The first-order valence-electron chi connectivity index (χ1n) is 11.0. The minimum Gasteiger partial charge on any atom is -0.466 e. The van der Waals surface area contributed by atoms with Gasteiger partial charge in [-0.15, -0.1) is 0 Å². The summed E-state index contributed by atoms with van der Waals surface area (Å²) < 4.78 is 10.2. The van der Waals surface area contributed by atoms with Crippen molar-refractivity contribution < 1.29 is 18.8 Å². The second kappa shape index (κ2) is 9.45. The number of pyridine rings is 1. The van der Waals surface area contributed by atoms with E-state index >= 15 is 0 Å². The zero-order valence-electron chi connectivity index (χ0n) is 18.1. The van der Waals surface area contributed by atoms with Gasteiger partial charge in [0.05, 0.1) is 18.1 Å². The summed E-state index contributed by atoms with van der Waals surface area (Å²) in [5, 5.41) is 4.03. The minimum absolute atomic E-state index is 0.00924. The van der Waals surface area contributed by atoms with E-state index in [9.17, 15) is 9.59 Å². The Morgan fingerprint density at radius 2 is 1.84 bits per heavy atom. The predicted molar refractivity (Wildman–Crippen MR) is 113 cm³/mol. The van der Waals surface area contributed by atoms with E-state index in [0.29, 0.717) is 44.3 Å². The van der Waals surface area contributed by atoms with Crippen LogP contribution in [0.4, 0.5) is 5.82 Å². The lowest BCUT2D eigenvalue weighted by molar-refractivity contribution is -0.151. The number of hydrogen-bond acceptors (Lipinski definition) is 8. The van der Waals surface area contributed by atoms with E-state index < -0.39 is 0 Å². The van der Waals surface area contributed by atoms with Crippen LogP contribution in [0.1, 0.15) is 38.5 Å². The maximum atomic E-state index is 13.0. The second-order valence-corrected chi connectivity index (χ2v) is 8.12. The summed E-state index contributed by atoms with van der Waals surface area (Å²) in [6, 6.07) is 3.80. The molecule has 1 amide bonds. The molecule has 4 heterocycles. The summed E-state index contributed by atoms with van der Waals surface area (Å²) in [5.74, 6) is 1.87. The zero-order chi connectivity index (χ0) is 21.8. The third kappa shape index (κ3) is 4.70. The van der Waals surface area contributed by atoms with Gasteiger partial charge in [-0.2, -0.15) is 4.98 Å². The maximum absolute atomic E-state index is 13.0. The molecule has 0 unspecified atom stereocenters. The van der Waals surface area contributed by atoms with E-state index in [1.807, 2.05) is 24.0 Å². The van der Waals surface area contributed by atoms with Crippen LogP contribution in [-0.2, 0) is 14.3 Å². The van der Waals surface area contributed by atoms with Gasteiger partial charge in [0, 0.05) is 45.2 Å². The van der Waals surface area contributed by atoms with Crippen molar-refractivity contribution >= 4 is 17.7 Å². The van der Waals surface area contributed by atoms with Gasteiger partial charge in [-0.1, -0.05) is 5.16 Å². The lowest BCUT2D eigenvalue weighted by Gasteiger charge is -2.37. The van der Waals surface area contributed by atoms with Crippen LogP contribution >= 0.6 is 0 Å². The van der Waals surface area contributed by atoms with Crippen molar-refractivity contribution in [1.82, 2.24) is 20.0 Å². The highest BCUT2D eigenvalue weighted by Crippen LogP contribution is 2.31. The Bertz CT molecular complexity index is 914. The number of anilines is 1. The Morgan fingerprint density at radius 3 is 2.48 bits per heavy atom. The summed E-state index contributed by atoms with van der Waals surface area (Å²) in [4.78, 5) is 38.0. The van der Waals surface area contributed by atoms with Gasteiger partial charge in [-0.25, -0.2) is 4.98 Å². The van der Waals surface area contributed by atoms with Crippen LogP contribution in [0.25, 0.3) is 11.4 Å². The largest absolute Gasteiger partial charge is 0.466 e. The van der Waals surface area contributed by atoms with E-state index in [4.69, 9.17) is 9.26 Å². The number of hydrogen-bond donors (Lipinski definition) is 0. The van der Waals surface area contributed by atoms with Crippen molar-refractivity contribution in [3.8, 4) is 11.4 Å². The Morgan fingerprint density at radius 1 is 1.13 bits per heavy atom. The van der Waals surface area contributed by atoms with Crippen LogP contribution in [0.15, 0.2) is 22.9 Å². The van der Waals surface area contributed by atoms with Gasteiger partial charge < -0.3 is 19.1 Å². The maximum Gasteiger partial charge on any atom is 0.309 e. The lowest BCUT2D eigenvalue weighted by Crippen LogP contribution is -2.46. The number of carbonyl (C=O) groups is 2. The summed E-state index contributed by atoms with van der Waals surface area (Å²) in [7, 11) is 0. The van der Waals surface area contributed by atoms with Gasteiger partial charge in [0.1, 0.15) is 5.82 Å². The monoisotopic (exact) mass is 427 g/mol. The Kier molecular flexibility index (Phi) is 6.48. The minimum atomic E-state index is -0.133. The van der Waals surface area contributed by atoms with Gasteiger partial charge >= 0.3 is 5.97 Å². The quantitative estimate of drug-likeness (QED) is 0.671. The van der Waals surface area contributed by atoms with Crippen LogP contribution in [0.2, 0.25) is 0 Å². The van der Waals surface area contributed by atoms with Gasteiger partial charge in [-0.3, -0.25) is 9.59 Å². The van der Waals surface area contributed by atoms with Gasteiger partial charge in [0.2, 0.25) is 17.6 Å². The van der Waals surface area contributed by atoms with Crippen LogP contribution in [0, 0.1) is 18.8 Å². The fourth-order valence-electron chi connectivity index (χ4n) is 4.42. The average Bonchev–Trinajstić information content (AvgIpc) is 3.25. The molecular weight excluding hydrogens is 398 g/mol. The molecular formula is C22H29N5O4. The molecule has 2 aromatic rings. The molecule has 2 aromatic heterocycles. The third-order valence-electron chi connectivity index (χ3n) is 6.13. The molecule has 0 radical (unpaired) electrons. The van der Waals surface area contributed by atoms with Gasteiger partial charge in [-0.05, 0) is 44.7 Å². The molecule has 2 fully saturated rings. The van der Waals surface area contributed by atoms with Crippen LogP contribution in [0.5, 0.6) is 0 Å². The van der Waals surface area contributed by atoms with Gasteiger partial charge in [0.15, 0.2) is 0 Å². The molecule has 9 nitrogen and oxygen atoms in total. The van der Waals surface area contributed by atoms with Crippen LogP contribution < -0.4 is 4.90 Å². The average molecular weight is 428 g/mol. The van der Waals surface area contributed by atoms with Crippen molar-refractivity contribution in [2.75, 3.05) is 37.7 Å². The molecule has 9 heteroatoms. The summed E-state index contributed by atoms with van der Waals surface area (Å²) in [6.07, 6.45) is 4.68. The number of carbonyl (C=O) groups excluding carboxylic acids is 2. The number of ether oxygens (including phenoxy) is 1. The van der Waals surface area contributed by atoms with Crippen molar-refractivity contribution in [1.29, 1.82) is 0 Å². The molecule has 2 aliphatic rings. The van der Waals surface area contributed by atoms with E-state index in [1.165, 1.54) is 0 Å². The van der Waals surface area contributed by atoms with E-state index in [2.05, 4.69) is 20.0 Å². The Balaban J connectivity index is 1.34. The fourth-order valence-corrected chi connectivity index (χ4v) is 4.42. The number of aryl methyl sites for hydroxylation is 1. The number of amides is 1. The predicted octanol–water partition coefficient (Wildman–Crippen LogP) is 2.46. The van der Waals surface area contributed by atoms with Crippen molar-refractivity contribution in [3.63, 3.8) is 0 Å². The molecule has 2 aliphatic heterocycles. The molecule has 4 rings (SSSR count). The van der Waals surface area contributed by atoms with Crippen molar-refractivity contribution in [3.05, 3.63) is 24.2 Å². The molecule has 0 bridgehead atoms. The second-order valence-electron chi connectivity index (χ2n) is 8.12. The Hall–Kier alpha value is -2.97. The SMILES string of the molecule is CCOC(=O)C1CCN(C(=O)C2CCN(c3ncccc3-c3noc(C)n3)CC2)CC1. The lowest BCUT2D eigenvalue weighted by atomic mass is 9.92. The third-order valence-corrected chi connectivity index (χ3v) is 6.13. The van der Waals surface area contributed by atoms with Crippen LogP contribution in [-0.4, -0.2) is 64.7 Å². The summed E-state index contributed by atoms with van der Waals surface area (Å²) in [6.45, 7) is 6.74. The van der Waals surface area contributed by atoms with Crippen molar-refractivity contribution in [2.24, 2.45) is 11.8 Å².